The predicted molar refractivity (Wildman–Crippen MR) is 131 cm³/mol. The Labute approximate surface area is 196 Å². The predicted octanol–water partition coefficient (Wildman–Crippen LogP) is 5.11. The monoisotopic (exact) mass is 463 g/mol. The van der Waals surface area contributed by atoms with Crippen molar-refractivity contribution in [1.29, 1.82) is 0 Å². The highest BCUT2D eigenvalue weighted by Crippen LogP contribution is 2.34. The standard InChI is InChI=1S/C24H25N5O3S/c1-3-4-8-21(30)26-16-6-5-7-18(13-16)32-23-19-15-33-12-11-20(19)28-24(29-23)27-17-9-10-22(31-2)25-14-17/h4-10,13-14H,3,11-12,15H2,1-2H3,(H,26,30)(H,27,28,29)/b8-4+. The molecule has 170 valence electrons. The summed E-state index contributed by atoms with van der Waals surface area (Å²) in [5, 5.41) is 6.04. The van der Waals surface area contributed by atoms with Gasteiger partial charge in [0.2, 0.25) is 23.6 Å². The molecule has 0 saturated carbocycles. The van der Waals surface area contributed by atoms with E-state index in [1.54, 1.807) is 25.4 Å². The second-order valence-corrected chi connectivity index (χ2v) is 8.33. The second-order valence-electron chi connectivity index (χ2n) is 7.22. The Kier molecular flexibility index (Phi) is 7.41. The molecule has 0 unspecified atom stereocenters. The van der Waals surface area contributed by atoms with Crippen molar-refractivity contribution in [2.24, 2.45) is 0 Å². The van der Waals surface area contributed by atoms with Crippen LogP contribution in [0.3, 0.4) is 0 Å². The van der Waals surface area contributed by atoms with Crippen LogP contribution in [0.25, 0.3) is 0 Å². The Morgan fingerprint density at radius 2 is 2.12 bits per heavy atom. The second kappa shape index (κ2) is 10.8. The van der Waals surface area contributed by atoms with E-state index in [-0.39, 0.29) is 5.91 Å². The third-order valence-corrected chi connectivity index (χ3v) is 5.79. The normalized spacial score (nSPS) is 12.8. The van der Waals surface area contributed by atoms with Crippen LogP contribution in [0.5, 0.6) is 17.5 Å². The van der Waals surface area contributed by atoms with E-state index in [2.05, 4.69) is 20.6 Å². The van der Waals surface area contributed by atoms with Crippen molar-refractivity contribution in [3.05, 3.63) is 66.0 Å². The Balaban J connectivity index is 1.57. The number of nitrogens with one attached hydrogen (secondary N) is 2. The molecule has 3 aromatic rings. The molecular formula is C24H25N5O3S. The highest BCUT2D eigenvalue weighted by atomic mass is 32.2. The van der Waals surface area contributed by atoms with E-state index >= 15 is 0 Å². The van der Waals surface area contributed by atoms with Gasteiger partial charge in [-0.05, 0) is 42.9 Å². The van der Waals surface area contributed by atoms with Crippen LogP contribution in [0.15, 0.2) is 54.7 Å². The van der Waals surface area contributed by atoms with Crippen molar-refractivity contribution in [2.45, 2.75) is 25.5 Å². The molecule has 8 nitrogen and oxygen atoms in total. The molecule has 0 fully saturated rings. The summed E-state index contributed by atoms with van der Waals surface area (Å²) in [4.78, 5) is 25.6. The zero-order valence-electron chi connectivity index (χ0n) is 18.5. The Hall–Kier alpha value is -3.59. The smallest absolute Gasteiger partial charge is 0.248 e. The molecule has 0 atom stereocenters. The summed E-state index contributed by atoms with van der Waals surface area (Å²) >= 11 is 1.83. The first-order chi connectivity index (χ1) is 16.1. The summed E-state index contributed by atoms with van der Waals surface area (Å²) in [7, 11) is 1.58. The van der Waals surface area contributed by atoms with Gasteiger partial charge in [-0.15, -0.1) is 0 Å². The average Bonchev–Trinajstić information content (AvgIpc) is 2.83. The maximum atomic E-state index is 12.0. The highest BCUT2D eigenvalue weighted by Gasteiger charge is 2.20. The first kappa shape index (κ1) is 22.6. The number of thioether (sulfide) groups is 1. The maximum Gasteiger partial charge on any atom is 0.248 e. The molecule has 2 aromatic heterocycles. The number of aryl methyl sites for hydroxylation is 1. The molecule has 2 N–H and O–H groups in total. The van der Waals surface area contributed by atoms with E-state index in [9.17, 15) is 4.79 Å². The molecule has 0 aliphatic carbocycles. The summed E-state index contributed by atoms with van der Waals surface area (Å²) in [6, 6.07) is 10.9. The number of fused-ring (bicyclic) bond motifs is 1. The quantitative estimate of drug-likeness (QED) is 0.445. The van der Waals surface area contributed by atoms with Crippen molar-refractivity contribution < 1.29 is 14.3 Å². The molecule has 1 amide bonds. The van der Waals surface area contributed by atoms with Crippen molar-refractivity contribution in [1.82, 2.24) is 15.0 Å². The van der Waals surface area contributed by atoms with Gasteiger partial charge >= 0.3 is 0 Å². The number of hydrogen-bond acceptors (Lipinski definition) is 8. The number of ether oxygens (including phenoxy) is 2. The lowest BCUT2D eigenvalue weighted by Gasteiger charge is -2.19. The van der Waals surface area contributed by atoms with Crippen molar-refractivity contribution in [2.75, 3.05) is 23.5 Å². The van der Waals surface area contributed by atoms with E-state index < -0.39 is 0 Å². The lowest BCUT2D eigenvalue weighted by Crippen LogP contribution is -2.11. The Bertz CT molecular complexity index is 1150. The maximum absolute atomic E-state index is 12.0. The molecule has 3 heterocycles. The number of aromatic nitrogens is 3. The minimum Gasteiger partial charge on any atom is -0.481 e. The number of pyridine rings is 1. The molecule has 1 aliphatic rings. The van der Waals surface area contributed by atoms with Crippen molar-refractivity contribution >= 4 is 35.0 Å². The number of anilines is 3. The molecule has 33 heavy (non-hydrogen) atoms. The molecule has 4 rings (SSSR count). The molecule has 0 radical (unpaired) electrons. The minimum absolute atomic E-state index is 0.176. The molecule has 0 spiro atoms. The van der Waals surface area contributed by atoms with E-state index in [0.717, 1.165) is 41.3 Å². The van der Waals surface area contributed by atoms with Crippen LogP contribution in [0.1, 0.15) is 24.6 Å². The van der Waals surface area contributed by atoms with Gasteiger partial charge in [0.15, 0.2) is 0 Å². The number of nitrogens with zero attached hydrogens (tertiary/aromatic N) is 3. The molecule has 0 bridgehead atoms. The van der Waals surface area contributed by atoms with E-state index in [4.69, 9.17) is 14.5 Å². The van der Waals surface area contributed by atoms with Crippen LogP contribution in [-0.4, -0.2) is 33.7 Å². The highest BCUT2D eigenvalue weighted by molar-refractivity contribution is 7.98. The van der Waals surface area contributed by atoms with E-state index in [0.29, 0.717) is 29.1 Å². The number of methoxy groups -OCH3 is 1. The lowest BCUT2D eigenvalue weighted by molar-refractivity contribution is -0.111. The molecular weight excluding hydrogens is 438 g/mol. The molecule has 9 heteroatoms. The summed E-state index contributed by atoms with van der Waals surface area (Å²) in [6.07, 6.45) is 6.65. The number of allylic oxidation sites excluding steroid dienone is 1. The average molecular weight is 464 g/mol. The van der Waals surface area contributed by atoms with Gasteiger partial charge in [0.1, 0.15) is 5.75 Å². The van der Waals surface area contributed by atoms with Crippen LogP contribution >= 0.6 is 11.8 Å². The van der Waals surface area contributed by atoms with Gasteiger partial charge in [-0.25, -0.2) is 9.97 Å². The SMILES string of the molecule is CC/C=C/C(=O)Nc1cccc(Oc2nc(Nc3ccc(OC)nc3)nc3c2CSCC3)c1. The Morgan fingerprint density at radius 1 is 1.21 bits per heavy atom. The van der Waals surface area contributed by atoms with Crippen molar-refractivity contribution in [3.63, 3.8) is 0 Å². The van der Waals surface area contributed by atoms with Gasteiger partial charge < -0.3 is 20.1 Å². The zero-order chi connectivity index (χ0) is 23.0. The summed E-state index contributed by atoms with van der Waals surface area (Å²) < 4.78 is 11.3. The fourth-order valence-corrected chi connectivity index (χ4v) is 4.18. The number of hydrogen-bond donors (Lipinski definition) is 2. The first-order valence-corrected chi connectivity index (χ1v) is 11.8. The minimum atomic E-state index is -0.176. The van der Waals surface area contributed by atoms with Crippen LogP contribution in [-0.2, 0) is 17.0 Å². The molecule has 0 saturated heterocycles. The van der Waals surface area contributed by atoms with Crippen LogP contribution in [0.2, 0.25) is 0 Å². The van der Waals surface area contributed by atoms with Crippen molar-refractivity contribution in [3.8, 4) is 17.5 Å². The third kappa shape index (κ3) is 6.01. The molecule has 1 aliphatic heterocycles. The van der Waals surface area contributed by atoms with Crippen LogP contribution in [0.4, 0.5) is 17.3 Å². The Morgan fingerprint density at radius 3 is 2.91 bits per heavy atom. The van der Waals surface area contributed by atoms with Crippen LogP contribution in [0, 0.1) is 0 Å². The van der Waals surface area contributed by atoms with Gasteiger partial charge in [-0.1, -0.05) is 19.1 Å². The largest absolute Gasteiger partial charge is 0.481 e. The topological polar surface area (TPSA) is 98.3 Å². The van der Waals surface area contributed by atoms with E-state index in [1.165, 1.54) is 6.08 Å². The zero-order valence-corrected chi connectivity index (χ0v) is 19.3. The first-order valence-electron chi connectivity index (χ1n) is 10.6. The summed E-state index contributed by atoms with van der Waals surface area (Å²) in [5.74, 6) is 3.67. The molecule has 1 aromatic carbocycles. The lowest BCUT2D eigenvalue weighted by atomic mass is 10.2. The fraction of sp³-hybridized carbons (Fsp3) is 0.250. The van der Waals surface area contributed by atoms with Gasteiger partial charge in [0, 0.05) is 29.1 Å². The van der Waals surface area contributed by atoms with Gasteiger partial charge in [-0.3, -0.25) is 4.79 Å². The number of amides is 1. The van der Waals surface area contributed by atoms with Crippen LogP contribution < -0.4 is 20.1 Å². The fourth-order valence-electron chi connectivity index (χ4n) is 3.20. The number of benzene rings is 1. The third-order valence-electron chi connectivity index (χ3n) is 4.81. The number of carbonyl (C=O) groups excluding carboxylic acids is 1. The van der Waals surface area contributed by atoms with E-state index in [1.807, 2.05) is 49.0 Å². The van der Waals surface area contributed by atoms with Gasteiger partial charge in [0.05, 0.1) is 24.7 Å². The summed E-state index contributed by atoms with van der Waals surface area (Å²) in [6.45, 7) is 1.98. The number of rotatable bonds is 8. The van der Waals surface area contributed by atoms with Gasteiger partial charge in [0.25, 0.3) is 0 Å². The number of carbonyl (C=O) groups is 1. The van der Waals surface area contributed by atoms with Gasteiger partial charge in [-0.2, -0.15) is 16.7 Å². The summed E-state index contributed by atoms with van der Waals surface area (Å²) in [5.41, 5.74) is 3.36.